The fraction of sp³-hybridized carbons (Fsp3) is 0.379. The SMILES string of the molecule is CCOC(=O)C1C(CC(=O)O)=NC2=C(C(=O)CC(c3c(C)cc(C)cc3C)C2)C1c1cccc(O)c1. The number of carbonyl (C=O) groups is 3. The van der Waals surface area contributed by atoms with E-state index in [9.17, 15) is 24.6 Å². The molecule has 2 N–H and O–H groups in total. The number of hydrogen-bond acceptors (Lipinski definition) is 6. The molecule has 0 amide bonds. The molecule has 0 saturated carbocycles. The van der Waals surface area contributed by atoms with Gasteiger partial charge in [-0.3, -0.25) is 19.4 Å². The zero-order valence-electron chi connectivity index (χ0n) is 21.0. The van der Waals surface area contributed by atoms with Gasteiger partial charge in [-0.25, -0.2) is 0 Å². The van der Waals surface area contributed by atoms with Crippen molar-refractivity contribution in [2.75, 3.05) is 6.61 Å². The van der Waals surface area contributed by atoms with Crippen molar-refractivity contribution in [2.24, 2.45) is 10.9 Å². The number of phenolic OH excluding ortho intramolecular Hbond substituents is 1. The number of esters is 1. The van der Waals surface area contributed by atoms with Crippen LogP contribution in [-0.2, 0) is 19.1 Å². The van der Waals surface area contributed by atoms with Crippen LogP contribution < -0.4 is 0 Å². The second-order valence-corrected chi connectivity index (χ2v) is 9.68. The molecule has 2 aromatic rings. The van der Waals surface area contributed by atoms with E-state index < -0.39 is 30.2 Å². The van der Waals surface area contributed by atoms with Crippen LogP contribution in [0.5, 0.6) is 5.75 Å². The highest BCUT2D eigenvalue weighted by Gasteiger charge is 2.46. The zero-order chi connectivity index (χ0) is 26.1. The average molecular weight is 490 g/mol. The maximum absolute atomic E-state index is 13.8. The number of nitrogens with zero attached hydrogens (tertiary/aromatic N) is 1. The second kappa shape index (κ2) is 10.1. The third-order valence-corrected chi connectivity index (χ3v) is 7.01. The molecule has 3 unspecified atom stereocenters. The summed E-state index contributed by atoms with van der Waals surface area (Å²) in [5, 5.41) is 19.8. The number of aliphatic carboxylic acids is 1. The van der Waals surface area contributed by atoms with Gasteiger partial charge < -0.3 is 14.9 Å². The number of Topliss-reactive ketones (excluding diaryl/α,β-unsaturated/α-hetero) is 1. The maximum atomic E-state index is 13.8. The molecule has 0 spiro atoms. The summed E-state index contributed by atoms with van der Waals surface area (Å²) in [4.78, 5) is 43.3. The van der Waals surface area contributed by atoms with E-state index in [-0.39, 0.29) is 36.2 Å². The van der Waals surface area contributed by atoms with Crippen LogP contribution in [0.25, 0.3) is 0 Å². The number of carboxylic acid groups (broad SMARTS) is 1. The molecule has 4 rings (SSSR count). The Morgan fingerprint density at radius 1 is 1.08 bits per heavy atom. The number of rotatable bonds is 6. The summed E-state index contributed by atoms with van der Waals surface area (Å²) in [5.74, 6) is -3.83. The van der Waals surface area contributed by atoms with Crippen molar-refractivity contribution in [3.63, 3.8) is 0 Å². The quantitative estimate of drug-likeness (QED) is 0.558. The summed E-state index contributed by atoms with van der Waals surface area (Å²) in [6.45, 7) is 7.89. The lowest BCUT2D eigenvalue weighted by molar-refractivity contribution is -0.146. The smallest absolute Gasteiger partial charge is 0.315 e. The van der Waals surface area contributed by atoms with Crippen LogP contribution in [-0.4, -0.2) is 40.3 Å². The first-order valence-corrected chi connectivity index (χ1v) is 12.2. The normalized spacial score (nSPS) is 21.6. The number of aliphatic imine (C=N–C) groups is 1. The van der Waals surface area contributed by atoms with Gasteiger partial charge in [-0.05, 0) is 74.4 Å². The van der Waals surface area contributed by atoms with Crippen molar-refractivity contribution in [3.8, 4) is 5.75 Å². The van der Waals surface area contributed by atoms with Crippen LogP contribution in [0.3, 0.4) is 0 Å². The molecule has 0 saturated heterocycles. The predicted molar refractivity (Wildman–Crippen MR) is 135 cm³/mol. The molecule has 2 aliphatic rings. The Labute approximate surface area is 210 Å². The lowest BCUT2D eigenvalue weighted by Crippen LogP contribution is -2.40. The first-order valence-electron chi connectivity index (χ1n) is 12.2. The van der Waals surface area contributed by atoms with Crippen LogP contribution in [0.1, 0.15) is 65.8 Å². The summed E-state index contributed by atoms with van der Waals surface area (Å²) < 4.78 is 5.31. The van der Waals surface area contributed by atoms with E-state index in [1.54, 1.807) is 19.1 Å². The van der Waals surface area contributed by atoms with Gasteiger partial charge in [0.2, 0.25) is 0 Å². The van der Waals surface area contributed by atoms with E-state index >= 15 is 0 Å². The molecule has 1 aliphatic carbocycles. The Bertz CT molecular complexity index is 1280. The van der Waals surface area contributed by atoms with E-state index in [1.165, 1.54) is 12.1 Å². The topological polar surface area (TPSA) is 113 Å². The Morgan fingerprint density at radius 2 is 1.78 bits per heavy atom. The van der Waals surface area contributed by atoms with Crippen molar-refractivity contribution in [1.82, 2.24) is 0 Å². The van der Waals surface area contributed by atoms with Gasteiger partial charge in [-0.15, -0.1) is 0 Å². The largest absolute Gasteiger partial charge is 0.508 e. The molecular formula is C29H31NO6. The summed E-state index contributed by atoms with van der Waals surface area (Å²) in [6, 6.07) is 10.6. The number of ketones is 1. The summed E-state index contributed by atoms with van der Waals surface area (Å²) in [5.41, 5.74) is 6.11. The molecule has 0 fully saturated rings. The third-order valence-electron chi connectivity index (χ3n) is 7.01. The number of aromatic hydroxyl groups is 1. The number of benzene rings is 2. The minimum absolute atomic E-state index is 0.00778. The lowest BCUT2D eigenvalue weighted by atomic mass is 9.68. The van der Waals surface area contributed by atoms with E-state index in [0.717, 1.165) is 22.3 Å². The van der Waals surface area contributed by atoms with E-state index in [4.69, 9.17) is 4.74 Å². The monoisotopic (exact) mass is 489 g/mol. The van der Waals surface area contributed by atoms with Crippen LogP contribution in [0.4, 0.5) is 0 Å². The van der Waals surface area contributed by atoms with E-state index in [0.29, 0.717) is 23.3 Å². The minimum atomic E-state index is -1.12. The molecular weight excluding hydrogens is 458 g/mol. The molecule has 1 heterocycles. The van der Waals surface area contributed by atoms with Gasteiger partial charge in [-0.1, -0.05) is 29.8 Å². The number of carboxylic acids is 1. The molecule has 0 radical (unpaired) electrons. The predicted octanol–water partition coefficient (Wildman–Crippen LogP) is 4.91. The first kappa shape index (κ1) is 25.4. The van der Waals surface area contributed by atoms with Gasteiger partial charge in [0.25, 0.3) is 0 Å². The fourth-order valence-corrected chi connectivity index (χ4v) is 5.90. The molecule has 3 atom stereocenters. The number of ether oxygens (including phenoxy) is 1. The minimum Gasteiger partial charge on any atom is -0.508 e. The number of phenols is 1. The van der Waals surface area contributed by atoms with Crippen LogP contribution in [0.15, 0.2) is 52.7 Å². The van der Waals surface area contributed by atoms with Gasteiger partial charge in [0.15, 0.2) is 5.78 Å². The van der Waals surface area contributed by atoms with E-state index in [1.807, 2.05) is 20.8 Å². The summed E-state index contributed by atoms with van der Waals surface area (Å²) in [7, 11) is 0. The highest BCUT2D eigenvalue weighted by Crippen LogP contribution is 2.48. The third kappa shape index (κ3) is 4.83. The molecule has 2 aromatic carbocycles. The van der Waals surface area contributed by atoms with Crippen LogP contribution in [0, 0.1) is 26.7 Å². The molecule has 7 nitrogen and oxygen atoms in total. The van der Waals surface area contributed by atoms with Crippen molar-refractivity contribution < 1.29 is 29.3 Å². The van der Waals surface area contributed by atoms with Gasteiger partial charge >= 0.3 is 11.9 Å². The maximum Gasteiger partial charge on any atom is 0.315 e. The molecule has 188 valence electrons. The molecule has 0 aromatic heterocycles. The standard InChI is InChI=1S/C29H31NO6/c1-5-36-29(35)28-22(14-24(33)34)30-21-12-19(25-16(3)9-15(2)10-17(25)4)13-23(32)27(21)26(28)18-7-6-8-20(31)11-18/h6-11,19,26,28,31H,5,12-14H2,1-4H3,(H,33,34). The highest BCUT2D eigenvalue weighted by atomic mass is 16.5. The fourth-order valence-electron chi connectivity index (χ4n) is 5.90. The van der Waals surface area contributed by atoms with Crippen molar-refractivity contribution in [2.45, 2.75) is 58.8 Å². The second-order valence-electron chi connectivity index (χ2n) is 9.68. The first-order chi connectivity index (χ1) is 17.1. The van der Waals surface area contributed by atoms with E-state index in [2.05, 4.69) is 17.1 Å². The van der Waals surface area contributed by atoms with Crippen LogP contribution in [0.2, 0.25) is 0 Å². The molecule has 0 bridgehead atoms. The number of allylic oxidation sites excluding steroid dienone is 2. The summed E-state index contributed by atoms with van der Waals surface area (Å²) in [6.07, 6.45) is 0.273. The van der Waals surface area contributed by atoms with Gasteiger partial charge in [-0.2, -0.15) is 0 Å². The number of carbonyl (C=O) groups excluding carboxylic acids is 2. The highest BCUT2D eigenvalue weighted by molar-refractivity contribution is 6.13. The Morgan fingerprint density at radius 3 is 2.39 bits per heavy atom. The average Bonchev–Trinajstić information content (AvgIpc) is 2.77. The van der Waals surface area contributed by atoms with Gasteiger partial charge in [0, 0.05) is 29.3 Å². The van der Waals surface area contributed by atoms with Gasteiger partial charge in [0.1, 0.15) is 11.7 Å². The Balaban J connectivity index is 1.89. The number of aryl methyl sites for hydroxylation is 3. The Hall–Kier alpha value is -3.74. The Kier molecular flexibility index (Phi) is 7.11. The lowest BCUT2D eigenvalue weighted by Gasteiger charge is -2.37. The van der Waals surface area contributed by atoms with Gasteiger partial charge in [0.05, 0.1) is 13.0 Å². The molecule has 7 heteroatoms. The number of hydrogen-bond donors (Lipinski definition) is 2. The molecule has 36 heavy (non-hydrogen) atoms. The summed E-state index contributed by atoms with van der Waals surface area (Å²) >= 11 is 0. The zero-order valence-corrected chi connectivity index (χ0v) is 21.0. The van der Waals surface area contributed by atoms with Crippen molar-refractivity contribution >= 4 is 23.4 Å². The van der Waals surface area contributed by atoms with Crippen molar-refractivity contribution in [3.05, 3.63) is 75.5 Å². The molecule has 1 aliphatic heterocycles. The van der Waals surface area contributed by atoms with Crippen LogP contribution >= 0.6 is 0 Å². The van der Waals surface area contributed by atoms with Crippen molar-refractivity contribution in [1.29, 1.82) is 0 Å².